The third kappa shape index (κ3) is 2.32. The highest BCUT2D eigenvalue weighted by atomic mass is 16.3. The number of carbonyl (C=O) groups excluding carboxylic acids is 2. The molecule has 7 heteroatoms. The highest BCUT2D eigenvalue weighted by Crippen LogP contribution is 2.34. The van der Waals surface area contributed by atoms with Crippen molar-refractivity contribution in [3.63, 3.8) is 0 Å². The van der Waals surface area contributed by atoms with Crippen molar-refractivity contribution in [2.45, 2.75) is 6.42 Å². The lowest BCUT2D eigenvalue weighted by Crippen LogP contribution is -2.45. The molecule has 2 unspecified atom stereocenters. The van der Waals surface area contributed by atoms with Gasteiger partial charge in [0, 0.05) is 32.9 Å². The third-order valence-corrected chi connectivity index (χ3v) is 4.77. The van der Waals surface area contributed by atoms with Gasteiger partial charge >= 0.3 is 0 Å². The zero-order valence-electron chi connectivity index (χ0n) is 12.9. The van der Waals surface area contributed by atoms with Crippen LogP contribution < -0.4 is 4.90 Å². The van der Waals surface area contributed by atoms with Gasteiger partial charge in [-0.1, -0.05) is 0 Å². The van der Waals surface area contributed by atoms with Gasteiger partial charge in [0.05, 0.1) is 24.1 Å². The molecule has 0 N–H and O–H groups in total. The normalized spacial score (nSPS) is 24.1. The monoisotopic (exact) mass is 314 g/mol. The Labute approximate surface area is 133 Å². The number of likely N-dealkylation sites (tertiary alicyclic amines) is 1. The molecule has 23 heavy (non-hydrogen) atoms. The molecule has 4 rings (SSSR count). The van der Waals surface area contributed by atoms with E-state index in [1.807, 2.05) is 13.2 Å². The number of rotatable bonds is 2. The maximum atomic E-state index is 12.8. The maximum absolute atomic E-state index is 12.8. The zero-order valence-corrected chi connectivity index (χ0v) is 12.9. The number of piperidine rings is 1. The number of nitrogens with zero attached hydrogens (tertiary/aromatic N) is 4. The van der Waals surface area contributed by atoms with Crippen molar-refractivity contribution >= 4 is 17.5 Å². The van der Waals surface area contributed by atoms with Crippen LogP contribution in [0.2, 0.25) is 0 Å². The second-order valence-electron chi connectivity index (χ2n) is 6.20. The van der Waals surface area contributed by atoms with Crippen LogP contribution in [0.3, 0.4) is 0 Å². The van der Waals surface area contributed by atoms with Gasteiger partial charge < -0.3 is 14.2 Å². The van der Waals surface area contributed by atoms with Crippen LogP contribution in [0, 0.1) is 11.8 Å². The second kappa shape index (κ2) is 5.26. The predicted molar refractivity (Wildman–Crippen MR) is 81.8 cm³/mol. The molecule has 2 saturated heterocycles. The van der Waals surface area contributed by atoms with Gasteiger partial charge in [-0.05, 0) is 24.5 Å². The number of fused-ring (bicyclic) bond motifs is 1. The number of aromatic nitrogens is 2. The quantitative estimate of drug-likeness (QED) is 0.833. The first-order chi connectivity index (χ1) is 11.1. The zero-order chi connectivity index (χ0) is 16.0. The fourth-order valence-electron chi connectivity index (χ4n) is 3.57. The van der Waals surface area contributed by atoms with Gasteiger partial charge in [-0.15, -0.1) is 0 Å². The van der Waals surface area contributed by atoms with Crippen molar-refractivity contribution in [1.29, 1.82) is 0 Å². The van der Waals surface area contributed by atoms with E-state index in [1.54, 1.807) is 32.8 Å². The summed E-state index contributed by atoms with van der Waals surface area (Å²) in [6.07, 6.45) is 5.94. The molecule has 2 atom stereocenters. The predicted octanol–water partition coefficient (Wildman–Crippen LogP) is 1.14. The van der Waals surface area contributed by atoms with E-state index in [0.29, 0.717) is 25.4 Å². The SMILES string of the molecule is Cn1cc(N2CCC3CN(C(=O)c4ccco4)CC3C2=O)cn1. The van der Waals surface area contributed by atoms with Crippen LogP contribution in [0.15, 0.2) is 35.2 Å². The van der Waals surface area contributed by atoms with Gasteiger partial charge in [0.15, 0.2) is 5.76 Å². The number of carbonyl (C=O) groups is 2. The Morgan fingerprint density at radius 1 is 1.39 bits per heavy atom. The third-order valence-electron chi connectivity index (χ3n) is 4.77. The second-order valence-corrected chi connectivity index (χ2v) is 6.20. The molecule has 0 aromatic carbocycles. The van der Waals surface area contributed by atoms with E-state index in [1.165, 1.54) is 6.26 Å². The van der Waals surface area contributed by atoms with Gasteiger partial charge in [-0.25, -0.2) is 0 Å². The number of aryl methyl sites for hydroxylation is 1. The van der Waals surface area contributed by atoms with E-state index < -0.39 is 0 Å². The Kier molecular flexibility index (Phi) is 3.21. The summed E-state index contributed by atoms with van der Waals surface area (Å²) in [5, 5.41) is 4.13. The lowest BCUT2D eigenvalue weighted by atomic mass is 9.88. The summed E-state index contributed by atoms with van der Waals surface area (Å²) in [6, 6.07) is 3.36. The molecule has 2 aromatic heterocycles. The van der Waals surface area contributed by atoms with Crippen molar-refractivity contribution in [1.82, 2.24) is 14.7 Å². The van der Waals surface area contributed by atoms with E-state index in [2.05, 4.69) is 5.10 Å². The number of amides is 2. The first kappa shape index (κ1) is 14.0. The van der Waals surface area contributed by atoms with Crippen molar-refractivity contribution in [2.75, 3.05) is 24.5 Å². The summed E-state index contributed by atoms with van der Waals surface area (Å²) in [7, 11) is 1.83. The molecule has 0 bridgehead atoms. The molecule has 2 amide bonds. The first-order valence-electron chi connectivity index (χ1n) is 7.76. The summed E-state index contributed by atoms with van der Waals surface area (Å²) in [5.74, 6) is 0.381. The summed E-state index contributed by atoms with van der Waals surface area (Å²) in [4.78, 5) is 28.7. The highest BCUT2D eigenvalue weighted by Gasteiger charge is 2.45. The number of furan rings is 1. The molecule has 7 nitrogen and oxygen atoms in total. The molecule has 0 radical (unpaired) electrons. The molecule has 0 aliphatic carbocycles. The molecule has 2 fully saturated rings. The smallest absolute Gasteiger partial charge is 0.289 e. The van der Waals surface area contributed by atoms with E-state index >= 15 is 0 Å². The molecule has 2 aliphatic rings. The van der Waals surface area contributed by atoms with E-state index in [4.69, 9.17) is 4.42 Å². The fourth-order valence-corrected chi connectivity index (χ4v) is 3.57. The van der Waals surface area contributed by atoms with Crippen LogP contribution in [0.25, 0.3) is 0 Å². The van der Waals surface area contributed by atoms with E-state index in [-0.39, 0.29) is 23.7 Å². The molecule has 0 spiro atoms. The Bertz CT molecular complexity index is 736. The van der Waals surface area contributed by atoms with Crippen LogP contribution in [0.1, 0.15) is 17.0 Å². The Morgan fingerprint density at radius 3 is 2.96 bits per heavy atom. The van der Waals surface area contributed by atoms with Gasteiger partial charge in [0.25, 0.3) is 5.91 Å². The molecule has 120 valence electrons. The standard InChI is InChI=1S/C16H18N4O3/c1-18-9-12(7-17-18)20-5-4-11-8-19(10-13(11)15(20)21)16(22)14-3-2-6-23-14/h2-3,6-7,9,11,13H,4-5,8,10H2,1H3. The molecular weight excluding hydrogens is 296 g/mol. The maximum Gasteiger partial charge on any atom is 0.289 e. The number of hydrogen-bond acceptors (Lipinski definition) is 4. The van der Waals surface area contributed by atoms with Crippen LogP contribution in [0.5, 0.6) is 0 Å². The Hall–Kier alpha value is -2.57. The summed E-state index contributed by atoms with van der Waals surface area (Å²) < 4.78 is 6.87. The Morgan fingerprint density at radius 2 is 2.26 bits per heavy atom. The van der Waals surface area contributed by atoms with Crippen molar-refractivity contribution < 1.29 is 14.0 Å². The van der Waals surface area contributed by atoms with E-state index in [0.717, 1.165) is 12.1 Å². The largest absolute Gasteiger partial charge is 0.459 e. The summed E-state index contributed by atoms with van der Waals surface area (Å²) >= 11 is 0. The van der Waals surface area contributed by atoms with Crippen LogP contribution >= 0.6 is 0 Å². The fraction of sp³-hybridized carbons (Fsp3) is 0.438. The van der Waals surface area contributed by atoms with Gasteiger partial charge in [0.1, 0.15) is 0 Å². The average molecular weight is 314 g/mol. The van der Waals surface area contributed by atoms with E-state index in [9.17, 15) is 9.59 Å². The van der Waals surface area contributed by atoms with Gasteiger partial charge in [-0.3, -0.25) is 14.3 Å². The van der Waals surface area contributed by atoms with Gasteiger partial charge in [0.2, 0.25) is 5.91 Å². The lowest BCUT2D eigenvalue weighted by molar-refractivity contribution is -0.124. The molecule has 4 heterocycles. The Balaban J connectivity index is 1.51. The molecular formula is C16H18N4O3. The minimum Gasteiger partial charge on any atom is -0.459 e. The van der Waals surface area contributed by atoms with Crippen LogP contribution in [0.4, 0.5) is 5.69 Å². The summed E-state index contributed by atoms with van der Waals surface area (Å²) in [5.41, 5.74) is 0.826. The van der Waals surface area contributed by atoms with Crippen molar-refractivity contribution in [2.24, 2.45) is 18.9 Å². The molecule has 2 aromatic rings. The number of hydrogen-bond donors (Lipinski definition) is 0. The minimum atomic E-state index is -0.136. The topological polar surface area (TPSA) is 71.6 Å². The minimum absolute atomic E-state index is 0.0870. The highest BCUT2D eigenvalue weighted by molar-refractivity contribution is 5.97. The van der Waals surface area contributed by atoms with Crippen LogP contribution in [-0.2, 0) is 11.8 Å². The average Bonchev–Trinajstić information content (AvgIpc) is 3.27. The number of anilines is 1. The molecule has 0 saturated carbocycles. The summed E-state index contributed by atoms with van der Waals surface area (Å²) in [6.45, 7) is 1.76. The van der Waals surface area contributed by atoms with Crippen LogP contribution in [-0.4, -0.2) is 46.1 Å². The van der Waals surface area contributed by atoms with Crippen molar-refractivity contribution in [3.8, 4) is 0 Å². The first-order valence-corrected chi connectivity index (χ1v) is 7.76. The molecule has 2 aliphatic heterocycles. The van der Waals surface area contributed by atoms with Gasteiger partial charge in [-0.2, -0.15) is 5.10 Å². The lowest BCUT2D eigenvalue weighted by Gasteiger charge is -2.32. The van der Waals surface area contributed by atoms with Crippen molar-refractivity contribution in [3.05, 3.63) is 36.5 Å².